The molecule has 2 amide bonds. The highest BCUT2D eigenvalue weighted by atomic mass is 79.9. The number of carbonyl (C=O) groups excluding carboxylic acids is 2. The molecule has 2 fully saturated rings. The second kappa shape index (κ2) is 6.16. The first-order valence-corrected chi connectivity index (χ1v) is 9.07. The van der Waals surface area contributed by atoms with Crippen LogP contribution in [-0.2, 0) is 16.1 Å². The lowest BCUT2D eigenvalue weighted by molar-refractivity contribution is -0.122. The van der Waals surface area contributed by atoms with Crippen molar-refractivity contribution in [3.63, 3.8) is 0 Å². The van der Waals surface area contributed by atoms with Crippen LogP contribution in [-0.4, -0.2) is 21.6 Å². The van der Waals surface area contributed by atoms with Crippen molar-refractivity contribution in [2.75, 3.05) is 4.90 Å². The van der Waals surface area contributed by atoms with E-state index in [1.54, 1.807) is 6.20 Å². The lowest BCUT2D eigenvalue weighted by Gasteiger charge is -2.19. The summed E-state index contributed by atoms with van der Waals surface area (Å²) in [5.74, 6) is -0.277. The summed E-state index contributed by atoms with van der Waals surface area (Å²) in [5, 5.41) is 4.25. The molecule has 0 radical (unpaired) electrons. The molecule has 24 heavy (non-hydrogen) atoms. The summed E-state index contributed by atoms with van der Waals surface area (Å²) in [6.07, 6.45) is 7.40. The van der Waals surface area contributed by atoms with Gasteiger partial charge < -0.3 is 0 Å². The normalized spacial score (nSPS) is 23.6. The van der Waals surface area contributed by atoms with Gasteiger partial charge in [-0.25, -0.2) is 0 Å². The Kier molecular flexibility index (Phi) is 4.00. The minimum atomic E-state index is -0.114. The molecule has 2 atom stereocenters. The van der Waals surface area contributed by atoms with Crippen molar-refractivity contribution in [2.24, 2.45) is 11.8 Å². The monoisotopic (exact) mass is 387 g/mol. The molecular formula is C18H18BrN3O2. The number of imide groups is 1. The van der Waals surface area contributed by atoms with E-state index in [0.29, 0.717) is 12.2 Å². The zero-order chi connectivity index (χ0) is 16.7. The average molecular weight is 388 g/mol. The van der Waals surface area contributed by atoms with Crippen LogP contribution in [0.3, 0.4) is 0 Å². The Hall–Kier alpha value is -1.95. The van der Waals surface area contributed by atoms with Gasteiger partial charge in [-0.1, -0.05) is 25.0 Å². The molecule has 124 valence electrons. The van der Waals surface area contributed by atoms with Gasteiger partial charge in [0, 0.05) is 6.20 Å². The number of carbonyl (C=O) groups is 2. The molecular weight excluding hydrogens is 370 g/mol. The van der Waals surface area contributed by atoms with Crippen molar-refractivity contribution in [1.82, 2.24) is 9.78 Å². The van der Waals surface area contributed by atoms with E-state index in [9.17, 15) is 9.59 Å². The third-order valence-electron chi connectivity index (χ3n) is 4.96. The number of anilines is 1. The van der Waals surface area contributed by atoms with Crippen molar-refractivity contribution >= 4 is 33.4 Å². The molecule has 1 saturated heterocycles. The van der Waals surface area contributed by atoms with Crippen LogP contribution in [0.15, 0.2) is 41.1 Å². The second-order valence-corrected chi connectivity index (χ2v) is 7.45. The minimum Gasteiger partial charge on any atom is -0.274 e. The summed E-state index contributed by atoms with van der Waals surface area (Å²) in [7, 11) is 0. The van der Waals surface area contributed by atoms with E-state index in [1.165, 1.54) is 4.90 Å². The smallest absolute Gasteiger partial charge is 0.237 e. The van der Waals surface area contributed by atoms with Crippen LogP contribution < -0.4 is 4.90 Å². The third-order valence-corrected chi connectivity index (χ3v) is 5.37. The zero-order valence-corrected chi connectivity index (χ0v) is 14.8. The van der Waals surface area contributed by atoms with E-state index in [-0.39, 0.29) is 23.7 Å². The first-order valence-electron chi connectivity index (χ1n) is 8.28. The summed E-state index contributed by atoms with van der Waals surface area (Å²) in [4.78, 5) is 26.8. The van der Waals surface area contributed by atoms with Gasteiger partial charge in [-0.05, 0) is 46.5 Å². The number of rotatable bonds is 3. The number of halogens is 1. The zero-order valence-electron chi connectivity index (χ0n) is 13.2. The van der Waals surface area contributed by atoms with Gasteiger partial charge in [0.2, 0.25) is 11.8 Å². The second-order valence-electron chi connectivity index (χ2n) is 6.54. The van der Waals surface area contributed by atoms with Crippen LogP contribution in [0.5, 0.6) is 0 Å². The molecule has 6 heteroatoms. The maximum atomic E-state index is 12.7. The Morgan fingerprint density at radius 2 is 1.83 bits per heavy atom. The van der Waals surface area contributed by atoms with E-state index in [4.69, 9.17) is 0 Å². The van der Waals surface area contributed by atoms with E-state index >= 15 is 0 Å². The molecule has 2 heterocycles. The van der Waals surface area contributed by atoms with Crippen molar-refractivity contribution in [3.05, 3.63) is 46.7 Å². The molecule has 1 aliphatic carbocycles. The Morgan fingerprint density at radius 3 is 2.46 bits per heavy atom. The quantitative estimate of drug-likeness (QED) is 0.758. The molecule has 5 nitrogen and oxygen atoms in total. The van der Waals surface area contributed by atoms with Crippen LogP contribution in [0.25, 0.3) is 0 Å². The van der Waals surface area contributed by atoms with Crippen LogP contribution in [0.4, 0.5) is 5.69 Å². The van der Waals surface area contributed by atoms with Gasteiger partial charge in [-0.3, -0.25) is 19.2 Å². The van der Waals surface area contributed by atoms with Crippen molar-refractivity contribution < 1.29 is 9.59 Å². The Labute approximate surface area is 148 Å². The van der Waals surface area contributed by atoms with E-state index in [0.717, 1.165) is 35.7 Å². The van der Waals surface area contributed by atoms with Gasteiger partial charge in [0.15, 0.2) is 0 Å². The lowest BCUT2D eigenvalue weighted by atomic mass is 9.81. The molecule has 0 N–H and O–H groups in total. The summed E-state index contributed by atoms with van der Waals surface area (Å²) in [5.41, 5.74) is 1.70. The van der Waals surface area contributed by atoms with Gasteiger partial charge in [0.05, 0.1) is 34.7 Å². The van der Waals surface area contributed by atoms with E-state index < -0.39 is 0 Å². The number of aromatic nitrogens is 2. The average Bonchev–Trinajstić information content (AvgIpc) is 3.10. The Bertz CT molecular complexity index is 777. The van der Waals surface area contributed by atoms with E-state index in [2.05, 4.69) is 21.0 Å². The summed E-state index contributed by atoms with van der Waals surface area (Å²) < 4.78 is 2.74. The number of nitrogens with zero attached hydrogens (tertiary/aromatic N) is 3. The summed E-state index contributed by atoms with van der Waals surface area (Å²) in [6.45, 7) is 0.600. The molecule has 2 unspecified atom stereocenters. The first-order chi connectivity index (χ1) is 11.6. The fourth-order valence-electron chi connectivity index (χ4n) is 3.82. The summed E-state index contributed by atoms with van der Waals surface area (Å²) in [6, 6.07) is 7.64. The lowest BCUT2D eigenvalue weighted by Crippen LogP contribution is -2.30. The first kappa shape index (κ1) is 15.6. The maximum Gasteiger partial charge on any atom is 0.237 e. The number of amides is 2. The number of hydrogen-bond acceptors (Lipinski definition) is 3. The highest BCUT2D eigenvalue weighted by Crippen LogP contribution is 2.40. The van der Waals surface area contributed by atoms with Crippen LogP contribution in [0.1, 0.15) is 31.2 Å². The van der Waals surface area contributed by atoms with Gasteiger partial charge in [-0.15, -0.1) is 0 Å². The Balaban J connectivity index is 1.61. The highest BCUT2D eigenvalue weighted by Gasteiger charge is 2.48. The molecule has 0 bridgehead atoms. The van der Waals surface area contributed by atoms with Gasteiger partial charge in [0.1, 0.15) is 0 Å². The third kappa shape index (κ3) is 2.69. The van der Waals surface area contributed by atoms with E-state index in [1.807, 2.05) is 35.1 Å². The highest BCUT2D eigenvalue weighted by molar-refractivity contribution is 9.10. The number of benzene rings is 1. The molecule has 2 aromatic rings. The molecule has 1 aromatic heterocycles. The summed E-state index contributed by atoms with van der Waals surface area (Å²) >= 11 is 3.38. The number of hydrogen-bond donors (Lipinski definition) is 0. The largest absolute Gasteiger partial charge is 0.274 e. The van der Waals surface area contributed by atoms with Gasteiger partial charge in [-0.2, -0.15) is 5.10 Å². The molecule has 1 saturated carbocycles. The van der Waals surface area contributed by atoms with Crippen LogP contribution in [0.2, 0.25) is 0 Å². The fraction of sp³-hybridized carbons (Fsp3) is 0.389. The topological polar surface area (TPSA) is 55.2 Å². The molecule has 0 spiro atoms. The predicted octanol–water partition coefficient (Wildman–Crippen LogP) is 3.37. The van der Waals surface area contributed by atoms with Gasteiger partial charge in [0.25, 0.3) is 0 Å². The molecule has 4 rings (SSSR count). The maximum absolute atomic E-state index is 12.7. The van der Waals surface area contributed by atoms with Crippen molar-refractivity contribution in [2.45, 2.75) is 32.2 Å². The van der Waals surface area contributed by atoms with Crippen LogP contribution in [0, 0.1) is 11.8 Å². The van der Waals surface area contributed by atoms with Crippen molar-refractivity contribution in [3.8, 4) is 0 Å². The molecule has 1 aromatic carbocycles. The molecule has 1 aliphatic heterocycles. The molecule has 2 aliphatic rings. The SMILES string of the molecule is O=C1C2CCCCC2C(=O)N1c1cccc(Cn2cc(Br)cn2)c1. The van der Waals surface area contributed by atoms with Crippen LogP contribution >= 0.6 is 15.9 Å². The standard InChI is InChI=1S/C18H18BrN3O2/c19-13-9-20-21(11-13)10-12-4-3-5-14(8-12)22-17(23)15-6-1-2-7-16(15)18(22)24/h3-5,8-9,11,15-16H,1-2,6-7,10H2. The number of fused-ring (bicyclic) bond motifs is 1. The fourth-order valence-corrected chi connectivity index (χ4v) is 4.15. The van der Waals surface area contributed by atoms with Gasteiger partial charge >= 0.3 is 0 Å². The van der Waals surface area contributed by atoms with Crippen molar-refractivity contribution in [1.29, 1.82) is 0 Å². The predicted molar refractivity (Wildman–Crippen MR) is 93.4 cm³/mol. The minimum absolute atomic E-state index is 0.0244. The Morgan fingerprint density at radius 1 is 1.12 bits per heavy atom.